The number of anilines is 6. The first-order valence-electron chi connectivity index (χ1n) is 23.0. The van der Waals surface area contributed by atoms with Crippen LogP contribution < -0.4 is 35.8 Å². The van der Waals surface area contributed by atoms with Crippen molar-refractivity contribution in [3.8, 4) is 17.1 Å². The highest BCUT2D eigenvalue weighted by molar-refractivity contribution is 6.06. The number of aliphatic hydroxyl groups excluding tert-OH is 1. The zero-order chi connectivity index (χ0) is 46.5. The molecule has 0 bridgehead atoms. The van der Waals surface area contributed by atoms with Gasteiger partial charge >= 0.3 is 0 Å². The van der Waals surface area contributed by atoms with Gasteiger partial charge in [0, 0.05) is 98.5 Å². The van der Waals surface area contributed by atoms with E-state index in [1.54, 1.807) is 23.4 Å². The maximum Gasteiger partial charge on any atom is 0.276 e. The third-order valence-electron chi connectivity index (χ3n) is 13.7. The Labute approximate surface area is 386 Å². The zero-order valence-corrected chi connectivity index (χ0v) is 39.0. The number of carbonyl (C=O) groups is 2. The number of fused-ring (bicyclic) bond motifs is 3. The molecule has 2 saturated heterocycles. The van der Waals surface area contributed by atoms with Gasteiger partial charge in [-0.15, -0.1) is 0 Å². The molecule has 2 amide bonds. The first kappa shape index (κ1) is 44.8. The van der Waals surface area contributed by atoms with Gasteiger partial charge in [-0.25, -0.2) is 15.0 Å². The molecule has 1 aliphatic carbocycles. The molecule has 1 atom stereocenters. The molecule has 0 radical (unpaired) electrons. The molecule has 1 aromatic carbocycles. The number of piperazine rings is 1. The summed E-state index contributed by atoms with van der Waals surface area (Å²) >= 11 is 0. The summed E-state index contributed by atoms with van der Waals surface area (Å²) in [6.45, 7) is 19.7. The van der Waals surface area contributed by atoms with Gasteiger partial charge in [0.05, 0.1) is 48.2 Å². The number of hydrogen-bond acceptors (Lipinski definition) is 13. The zero-order valence-electron chi connectivity index (χ0n) is 39.0. The second kappa shape index (κ2) is 17.8. The molecule has 9 rings (SSSR count). The summed E-state index contributed by atoms with van der Waals surface area (Å²) < 4.78 is 7.82. The molecule has 4 aromatic heterocycles. The maximum absolute atomic E-state index is 14.0. The number of nitrogens with two attached hydrogens (primary N) is 1. The quantitative estimate of drug-likeness (QED) is 0.103. The van der Waals surface area contributed by atoms with Crippen LogP contribution in [-0.4, -0.2) is 105 Å². The fraction of sp³-hybridized carbons (Fsp3) is 0.440. The summed E-state index contributed by atoms with van der Waals surface area (Å²) in [4.78, 5) is 54.7. The fourth-order valence-electron chi connectivity index (χ4n) is 10.4. The number of ether oxygens (including phenoxy) is 1. The van der Waals surface area contributed by atoms with Gasteiger partial charge in [-0.3, -0.25) is 24.4 Å². The third kappa shape index (κ3) is 8.72. The normalized spacial score (nSPS) is 18.8. The van der Waals surface area contributed by atoms with Gasteiger partial charge in [-0.05, 0) is 106 Å². The summed E-state index contributed by atoms with van der Waals surface area (Å²) in [5.41, 5.74) is 14.9. The average Bonchev–Trinajstić information content (AvgIpc) is 3.80. The van der Waals surface area contributed by atoms with Crippen molar-refractivity contribution >= 4 is 46.2 Å². The number of nitrogens with one attached hydrogen (secondary N) is 2. The van der Waals surface area contributed by atoms with Gasteiger partial charge < -0.3 is 40.6 Å². The van der Waals surface area contributed by atoms with Crippen LogP contribution in [0, 0.1) is 5.41 Å². The number of methoxy groups -OCH3 is 1. The van der Waals surface area contributed by atoms with Crippen molar-refractivity contribution in [1.29, 1.82) is 0 Å². The SMILES string of the molecule is C=CC(=O)Nc1cc(Nc2nc(-c3ccnc(N4CCn5c(cc6c5CC(C)(C)C6)C4=O)c3CO)cnc2OC)ccc1N1CCN(C2CCN(c3ccnc(C(C)(C)N)c3)CC2)CC1C. The van der Waals surface area contributed by atoms with E-state index in [2.05, 4.69) is 84.3 Å². The molecule has 16 nitrogen and oxygen atoms in total. The molecule has 0 saturated carbocycles. The molecule has 5 aromatic rings. The van der Waals surface area contributed by atoms with Crippen molar-refractivity contribution in [3.63, 3.8) is 0 Å². The summed E-state index contributed by atoms with van der Waals surface area (Å²) in [7, 11) is 1.52. The Morgan fingerprint density at radius 2 is 1.80 bits per heavy atom. The van der Waals surface area contributed by atoms with E-state index >= 15 is 0 Å². The Kier molecular flexibility index (Phi) is 12.1. The van der Waals surface area contributed by atoms with Crippen molar-refractivity contribution in [2.24, 2.45) is 11.1 Å². The summed E-state index contributed by atoms with van der Waals surface area (Å²) in [5, 5.41) is 17.3. The van der Waals surface area contributed by atoms with Crippen LogP contribution in [0.4, 0.5) is 34.4 Å². The van der Waals surface area contributed by atoms with Gasteiger partial charge in [0.1, 0.15) is 11.5 Å². The molecule has 66 heavy (non-hydrogen) atoms. The lowest BCUT2D eigenvalue weighted by atomic mass is 9.90. The first-order chi connectivity index (χ1) is 31.6. The van der Waals surface area contributed by atoms with Gasteiger partial charge in [0.25, 0.3) is 11.8 Å². The van der Waals surface area contributed by atoms with Crippen LogP contribution in [0.3, 0.4) is 0 Å². The number of hydrogen-bond donors (Lipinski definition) is 4. The van der Waals surface area contributed by atoms with Crippen LogP contribution in [-0.2, 0) is 36.3 Å². The average molecular weight is 895 g/mol. The van der Waals surface area contributed by atoms with Gasteiger partial charge in [-0.1, -0.05) is 20.4 Å². The smallest absolute Gasteiger partial charge is 0.276 e. The van der Waals surface area contributed by atoms with Crippen molar-refractivity contribution in [2.45, 2.75) is 91.1 Å². The lowest BCUT2D eigenvalue weighted by Gasteiger charge is -2.47. The molecule has 0 spiro atoms. The Morgan fingerprint density at radius 1 is 1.02 bits per heavy atom. The number of pyridine rings is 2. The number of carbonyl (C=O) groups excluding carboxylic acids is 2. The number of nitrogens with zero attached hydrogens (tertiary/aromatic N) is 9. The van der Waals surface area contributed by atoms with Crippen LogP contribution in [0.2, 0.25) is 0 Å². The third-order valence-corrected chi connectivity index (χ3v) is 13.7. The maximum atomic E-state index is 14.0. The van der Waals surface area contributed by atoms with E-state index in [1.165, 1.54) is 30.1 Å². The first-order valence-corrected chi connectivity index (χ1v) is 23.0. The van der Waals surface area contributed by atoms with Crippen molar-refractivity contribution in [1.82, 2.24) is 29.4 Å². The highest BCUT2D eigenvalue weighted by Gasteiger charge is 2.38. The monoisotopic (exact) mass is 895 g/mol. The van der Waals surface area contributed by atoms with Gasteiger partial charge in [0.2, 0.25) is 5.91 Å². The Balaban J connectivity index is 0.915. The predicted octanol–water partition coefficient (Wildman–Crippen LogP) is 6.26. The second-order valence-corrected chi connectivity index (χ2v) is 19.5. The van der Waals surface area contributed by atoms with Crippen LogP contribution in [0.5, 0.6) is 5.88 Å². The molecule has 2 fully saturated rings. The Bertz CT molecular complexity index is 2660. The number of rotatable bonds is 12. The minimum absolute atomic E-state index is 0.139. The number of aliphatic hydroxyl groups is 1. The number of benzene rings is 1. The number of aromatic nitrogens is 5. The molecule has 4 aliphatic rings. The standard InChI is InChI=1S/C50H62N12O4/c1-8-44(64)56-38-24-33(9-10-40(38)60-20-19-59(29-31(60)2)34-13-17-58(18-14-34)35-11-15-52-43(25-35)50(5,6)51)55-45-47(66-7)54-28-39(57-45)36-12-16-53-46(37(36)30-63)62-22-21-61-41(48(62)65)23-32-26-49(3,4)27-42(32)61/h8-12,15-16,23-25,28,31,34,63H,1,13-14,17-22,26-27,29-30,51H2,2-7H3,(H,55,57)(H,56,64). The largest absolute Gasteiger partial charge is 0.478 e. The van der Waals surface area contributed by atoms with Crippen LogP contribution in [0.1, 0.15) is 80.5 Å². The van der Waals surface area contributed by atoms with Crippen molar-refractivity contribution in [3.05, 3.63) is 102 Å². The van der Waals surface area contributed by atoms with E-state index in [0.29, 0.717) is 64.7 Å². The minimum Gasteiger partial charge on any atom is -0.478 e. The van der Waals surface area contributed by atoms with E-state index < -0.39 is 5.54 Å². The molecule has 16 heteroatoms. The molecular weight excluding hydrogens is 833 g/mol. The molecule has 5 N–H and O–H groups in total. The van der Waals surface area contributed by atoms with E-state index in [4.69, 9.17) is 15.5 Å². The molecular formula is C50H62N12O4. The van der Waals surface area contributed by atoms with E-state index in [1.807, 2.05) is 44.3 Å². The number of amides is 2. The van der Waals surface area contributed by atoms with Crippen molar-refractivity contribution < 1.29 is 19.4 Å². The summed E-state index contributed by atoms with van der Waals surface area (Å²) in [5.74, 6) is 0.519. The number of piperidine rings is 1. The molecule has 7 heterocycles. The van der Waals surface area contributed by atoms with Crippen LogP contribution in [0.15, 0.2) is 73.7 Å². The Hall–Kier alpha value is -6.36. The highest BCUT2D eigenvalue weighted by Crippen LogP contribution is 2.41. The van der Waals surface area contributed by atoms with Gasteiger partial charge in [-0.2, -0.15) is 0 Å². The molecule has 346 valence electrons. The van der Waals surface area contributed by atoms with E-state index in [9.17, 15) is 14.7 Å². The molecule has 1 unspecified atom stereocenters. The highest BCUT2D eigenvalue weighted by atomic mass is 16.5. The molecule has 3 aliphatic heterocycles. The second-order valence-electron chi connectivity index (χ2n) is 19.5. The lowest BCUT2D eigenvalue weighted by Crippen LogP contribution is -2.57. The van der Waals surface area contributed by atoms with Crippen LogP contribution >= 0.6 is 0 Å². The van der Waals surface area contributed by atoms with E-state index in [-0.39, 0.29) is 35.8 Å². The Morgan fingerprint density at radius 3 is 2.53 bits per heavy atom. The lowest BCUT2D eigenvalue weighted by molar-refractivity contribution is -0.111. The summed E-state index contributed by atoms with van der Waals surface area (Å²) in [6.07, 6.45) is 10.4. The fourth-order valence-corrected chi connectivity index (χ4v) is 10.4. The topological polar surface area (TPSA) is 183 Å². The van der Waals surface area contributed by atoms with Gasteiger partial charge in [0.15, 0.2) is 5.82 Å². The minimum atomic E-state index is -0.492. The summed E-state index contributed by atoms with van der Waals surface area (Å²) in [6, 6.07) is 14.5. The van der Waals surface area contributed by atoms with Crippen LogP contribution in [0.25, 0.3) is 11.3 Å². The predicted molar refractivity (Wildman–Crippen MR) is 259 cm³/mol. The van der Waals surface area contributed by atoms with Crippen molar-refractivity contribution in [2.75, 3.05) is 71.7 Å². The van der Waals surface area contributed by atoms with E-state index in [0.717, 1.165) is 69.8 Å².